The third kappa shape index (κ3) is 1.85. The summed E-state index contributed by atoms with van der Waals surface area (Å²) >= 11 is 0. The molecule has 2 aliphatic heterocycles. The van der Waals surface area contributed by atoms with Gasteiger partial charge in [-0.05, 0) is 0 Å². The van der Waals surface area contributed by atoms with E-state index < -0.39 is 14.4 Å². The number of aromatic nitrogens is 4. The van der Waals surface area contributed by atoms with E-state index >= 15 is 0 Å². The maximum atomic E-state index is 2.79. The van der Waals surface area contributed by atoms with E-state index in [2.05, 4.69) is 179 Å². The monoisotopic (exact) mass is 554 g/mol. The van der Waals surface area contributed by atoms with E-state index in [0.29, 0.717) is 0 Å². The fourth-order valence-electron chi connectivity index (χ4n) is 9.95. The van der Waals surface area contributed by atoms with Gasteiger partial charge in [0.2, 0.25) is 0 Å². The molecule has 4 heterocycles. The molecule has 6 aromatic rings. The van der Waals surface area contributed by atoms with Gasteiger partial charge >= 0.3 is 236 Å². The van der Waals surface area contributed by atoms with E-state index in [1.807, 2.05) is 0 Å². The summed E-state index contributed by atoms with van der Waals surface area (Å²) < 4.78 is 11.2. The molecule has 0 spiro atoms. The van der Waals surface area contributed by atoms with Crippen LogP contribution in [-0.4, -0.2) is 23.1 Å². The minimum atomic E-state index is -3.94. The number of fused-ring (bicyclic) bond motifs is 7. The van der Waals surface area contributed by atoms with Crippen LogP contribution < -0.4 is 29.4 Å². The second kappa shape index (κ2) is 7.27. The Kier molecular flexibility index (Phi) is 4.29. The van der Waals surface area contributed by atoms with Gasteiger partial charge in [0.05, 0.1) is 0 Å². The van der Waals surface area contributed by atoms with Crippen LogP contribution >= 0.6 is 0 Å². The molecule has 198 valence electrons. The summed E-state index contributed by atoms with van der Waals surface area (Å²) in [6.07, 6.45) is 0. The standard InChI is InChI=1S/C34H34N4Si2/c1-27-25-28(2)36-35(27)39(31-17-9-5-10-18-31,32-19-11-6-12-20-32)37-29(3)26-30(4)38(37)40(36,39,33-21-13-7-14-22-33)34-23-15-8-16-24-34/h5-26H,1-4H3. The summed E-state index contributed by atoms with van der Waals surface area (Å²) in [5.74, 6) is 0. The zero-order valence-electron chi connectivity index (χ0n) is 23.5. The summed E-state index contributed by atoms with van der Waals surface area (Å²) in [5, 5.41) is 5.75. The molecule has 8 rings (SSSR count). The van der Waals surface area contributed by atoms with Crippen molar-refractivity contribution in [1.82, 2.24) is 8.69 Å². The average molecular weight is 555 g/mol. The summed E-state index contributed by atoms with van der Waals surface area (Å²) in [7, 11) is -7.89. The van der Waals surface area contributed by atoms with Gasteiger partial charge in [0.15, 0.2) is 0 Å². The van der Waals surface area contributed by atoms with Crippen LogP contribution in [0, 0.1) is 27.7 Å². The van der Waals surface area contributed by atoms with Gasteiger partial charge in [-0.25, -0.2) is 0 Å². The molecular formula is C34H34N4Si2. The van der Waals surface area contributed by atoms with Gasteiger partial charge in [0, 0.05) is 0 Å². The number of hydrogen-bond acceptors (Lipinski definition) is 0. The summed E-state index contributed by atoms with van der Waals surface area (Å²) in [5.41, 5.74) is 5.25. The molecule has 0 fully saturated rings. The fourth-order valence-corrected chi connectivity index (χ4v) is 42.9. The van der Waals surface area contributed by atoms with Crippen LogP contribution in [0.15, 0.2) is 133 Å². The fraction of sp³-hybridized carbons (Fsp3) is 0.118. The van der Waals surface area contributed by atoms with Crippen molar-refractivity contribution in [3.05, 3.63) is 156 Å². The molecule has 0 aliphatic carbocycles. The van der Waals surface area contributed by atoms with E-state index in [4.69, 9.17) is 0 Å². The molecule has 0 N–H and O–H groups in total. The van der Waals surface area contributed by atoms with Crippen LogP contribution in [0.4, 0.5) is 0 Å². The molecule has 0 amide bonds. The summed E-state index contributed by atoms with van der Waals surface area (Å²) in [6, 6.07) is 50.9. The maximum absolute atomic E-state index is 3.94. The van der Waals surface area contributed by atoms with Gasteiger partial charge in [-0.1, -0.05) is 0 Å². The molecule has 0 unspecified atom stereocenters. The zero-order valence-corrected chi connectivity index (χ0v) is 25.5. The van der Waals surface area contributed by atoms with Crippen molar-refractivity contribution in [3.63, 3.8) is 0 Å². The quantitative estimate of drug-likeness (QED) is 0.299. The number of rotatable bonds is 4. The van der Waals surface area contributed by atoms with E-state index in [1.54, 1.807) is 0 Å². The molecule has 0 radical (unpaired) electrons. The Morgan fingerprint density at radius 2 is 0.650 bits per heavy atom. The number of benzene rings is 4. The Hall–Kier alpha value is -4.27. The second-order valence-electron chi connectivity index (χ2n) is 11.9. The zero-order chi connectivity index (χ0) is 27.4. The van der Waals surface area contributed by atoms with Crippen molar-refractivity contribution in [3.8, 4) is 0 Å². The van der Waals surface area contributed by atoms with Crippen molar-refractivity contribution in [2.75, 3.05) is 0 Å². The normalized spacial score (nSPS) is 20.1. The van der Waals surface area contributed by atoms with E-state index in [-0.39, 0.29) is 0 Å². The van der Waals surface area contributed by atoms with Gasteiger partial charge in [0.1, 0.15) is 0 Å². The Morgan fingerprint density at radius 3 is 0.900 bits per heavy atom. The van der Waals surface area contributed by atoms with Crippen LogP contribution in [0.2, 0.25) is 0 Å². The third-order valence-electron chi connectivity index (χ3n) is 10.4. The molecular weight excluding hydrogens is 521 g/mol. The van der Waals surface area contributed by atoms with Crippen LogP contribution in [0.1, 0.15) is 22.8 Å². The van der Waals surface area contributed by atoms with Crippen LogP contribution in [0.3, 0.4) is 0 Å². The third-order valence-corrected chi connectivity index (χ3v) is 35.2. The van der Waals surface area contributed by atoms with E-state index in [1.165, 1.54) is 43.5 Å². The Bertz CT molecular complexity index is 1680. The first-order valence-corrected chi connectivity index (χ1v) is 20.0. The van der Waals surface area contributed by atoms with Gasteiger partial charge in [0.25, 0.3) is 0 Å². The van der Waals surface area contributed by atoms with E-state index in [0.717, 1.165) is 0 Å². The van der Waals surface area contributed by atoms with Crippen molar-refractivity contribution in [2.24, 2.45) is 0 Å². The van der Waals surface area contributed by atoms with Gasteiger partial charge in [-0.2, -0.15) is 0 Å². The average Bonchev–Trinajstić information content (AvgIpc) is 3.44. The first-order valence-electron chi connectivity index (χ1n) is 14.2. The molecule has 2 aliphatic rings. The molecule has 4 nitrogen and oxygen atoms in total. The Labute approximate surface area is 235 Å². The predicted molar refractivity (Wildman–Crippen MR) is 166 cm³/mol. The first kappa shape index (κ1) is 23.6. The summed E-state index contributed by atoms with van der Waals surface area (Å²) in [6.45, 7) is 9.25. The number of aryl methyl sites for hydroxylation is 4. The second-order valence-corrected chi connectivity index (χ2v) is 26.1. The molecule has 0 bridgehead atoms. The molecule has 0 saturated carbocycles. The number of hydrogen-bond donors (Lipinski definition) is 0. The topological polar surface area (TPSA) is 17.6 Å². The number of nitrogens with zero attached hydrogens (tertiary/aromatic N) is 4. The molecule has 6 heteroatoms. The van der Waals surface area contributed by atoms with Crippen LogP contribution in [-0.2, 0) is 0 Å². The first-order chi connectivity index (χ1) is 19.5. The predicted octanol–water partition coefficient (Wildman–Crippen LogP) is 2.72. The SMILES string of the molecule is Cc1cc(C)[n+]2n1[Si-]1(c3ccccc3)(c3ccccc3)[n+]3c(C)cc(C)n3[Si-]21(c1ccccc1)c1ccccc1. The Morgan fingerprint density at radius 1 is 0.400 bits per heavy atom. The van der Waals surface area contributed by atoms with Crippen LogP contribution in [0.25, 0.3) is 0 Å². The van der Waals surface area contributed by atoms with Crippen molar-refractivity contribution in [1.29, 1.82) is 0 Å². The Balaban J connectivity index is 1.85. The van der Waals surface area contributed by atoms with Crippen molar-refractivity contribution >= 4 is 35.1 Å². The van der Waals surface area contributed by atoms with Gasteiger partial charge < -0.3 is 0 Å². The molecule has 4 aromatic carbocycles. The van der Waals surface area contributed by atoms with Crippen molar-refractivity contribution < 1.29 is 8.69 Å². The van der Waals surface area contributed by atoms with E-state index in [9.17, 15) is 0 Å². The van der Waals surface area contributed by atoms with Crippen LogP contribution in [0.5, 0.6) is 0 Å². The molecule has 0 atom stereocenters. The van der Waals surface area contributed by atoms with Crippen molar-refractivity contribution in [2.45, 2.75) is 27.7 Å². The van der Waals surface area contributed by atoms with Gasteiger partial charge in [-0.15, -0.1) is 0 Å². The summed E-state index contributed by atoms with van der Waals surface area (Å²) in [4.78, 5) is 0. The molecule has 40 heavy (non-hydrogen) atoms. The van der Waals surface area contributed by atoms with Gasteiger partial charge in [-0.3, -0.25) is 0 Å². The molecule has 2 aromatic heterocycles. The molecule has 0 saturated heterocycles. The minimum absolute atomic E-state index is 1.31.